The normalized spacial score (nSPS) is 11.4. The first kappa shape index (κ1) is 18.1. The summed E-state index contributed by atoms with van der Waals surface area (Å²) in [7, 11) is 0. The van der Waals surface area contributed by atoms with E-state index in [2.05, 4.69) is 5.32 Å². The van der Waals surface area contributed by atoms with E-state index in [1.54, 1.807) is 6.07 Å². The predicted octanol–water partition coefficient (Wildman–Crippen LogP) is 5.17. The highest BCUT2D eigenvalue weighted by Crippen LogP contribution is 2.27. The zero-order valence-corrected chi connectivity index (χ0v) is 14.8. The summed E-state index contributed by atoms with van der Waals surface area (Å²) in [6, 6.07) is 14.6. The molecule has 0 saturated heterocycles. The number of alkyl halides is 2. The number of halogens is 3. The first-order valence-electron chi connectivity index (χ1n) is 8.03. The van der Waals surface area contributed by atoms with Gasteiger partial charge < -0.3 is 9.88 Å². The van der Waals surface area contributed by atoms with Crippen LogP contribution in [0.5, 0.6) is 0 Å². The molecule has 0 aliphatic carbocycles. The zero-order valence-electron chi connectivity index (χ0n) is 14.0. The average molecular weight is 375 g/mol. The molecule has 0 radical (unpaired) electrons. The van der Waals surface area contributed by atoms with Crippen LogP contribution in [0.1, 0.15) is 28.4 Å². The number of benzene rings is 2. The fraction of sp³-hybridized carbons (Fsp3) is 0.150. The van der Waals surface area contributed by atoms with Gasteiger partial charge in [0.2, 0.25) is 0 Å². The van der Waals surface area contributed by atoms with Crippen LogP contribution in [0.3, 0.4) is 0 Å². The van der Waals surface area contributed by atoms with E-state index in [-0.39, 0.29) is 18.0 Å². The summed E-state index contributed by atoms with van der Waals surface area (Å²) in [4.78, 5) is 12.3. The van der Waals surface area contributed by atoms with Crippen molar-refractivity contribution in [3.05, 3.63) is 88.7 Å². The monoisotopic (exact) mass is 374 g/mol. The molecule has 3 aromatic rings. The smallest absolute Gasteiger partial charge is 0.270 e. The minimum Gasteiger partial charge on any atom is -0.348 e. The second-order valence-corrected chi connectivity index (χ2v) is 6.38. The van der Waals surface area contributed by atoms with Crippen molar-refractivity contribution >= 4 is 17.5 Å². The van der Waals surface area contributed by atoms with Crippen molar-refractivity contribution in [1.29, 1.82) is 0 Å². The highest BCUT2D eigenvalue weighted by molar-refractivity contribution is 6.31. The molecule has 0 atom stereocenters. The number of amides is 1. The minimum atomic E-state index is -2.93. The van der Waals surface area contributed by atoms with Gasteiger partial charge in [0.15, 0.2) is 0 Å². The maximum absolute atomic E-state index is 13.3. The van der Waals surface area contributed by atoms with Gasteiger partial charge >= 0.3 is 0 Å². The van der Waals surface area contributed by atoms with Gasteiger partial charge in [0.1, 0.15) is 0 Å². The van der Waals surface area contributed by atoms with Gasteiger partial charge in [-0.1, -0.05) is 29.8 Å². The van der Waals surface area contributed by atoms with E-state index in [0.29, 0.717) is 10.6 Å². The lowest BCUT2D eigenvalue weighted by atomic mass is 10.1. The molecule has 0 unspecified atom stereocenters. The lowest BCUT2D eigenvalue weighted by Crippen LogP contribution is -2.24. The van der Waals surface area contributed by atoms with Crippen LogP contribution >= 0.6 is 11.6 Å². The van der Waals surface area contributed by atoms with Crippen LogP contribution in [0.2, 0.25) is 5.02 Å². The molecule has 1 N–H and O–H groups in total. The van der Waals surface area contributed by atoms with Crippen molar-refractivity contribution in [3.63, 3.8) is 0 Å². The van der Waals surface area contributed by atoms with Crippen LogP contribution in [-0.2, 0) is 12.5 Å². The molecule has 3 nitrogen and oxygen atoms in total. The van der Waals surface area contributed by atoms with E-state index >= 15 is 0 Å². The van der Waals surface area contributed by atoms with Crippen LogP contribution in [0.15, 0.2) is 67.0 Å². The maximum atomic E-state index is 13.3. The van der Waals surface area contributed by atoms with Gasteiger partial charge in [-0.25, -0.2) is 8.78 Å². The Morgan fingerprint density at radius 1 is 1.08 bits per heavy atom. The van der Waals surface area contributed by atoms with Crippen LogP contribution in [0.25, 0.3) is 5.69 Å². The van der Waals surface area contributed by atoms with Crippen LogP contribution in [0.4, 0.5) is 8.78 Å². The Labute approximate surface area is 155 Å². The van der Waals surface area contributed by atoms with Crippen LogP contribution in [0, 0.1) is 0 Å². The Morgan fingerprint density at radius 2 is 1.73 bits per heavy atom. The summed E-state index contributed by atoms with van der Waals surface area (Å²) in [5.41, 5.74) is 1.82. The summed E-state index contributed by atoms with van der Waals surface area (Å²) in [5.74, 6) is -3.28. The Bertz CT molecular complexity index is 901. The molecule has 0 spiro atoms. The molecule has 1 heterocycles. The Hall–Kier alpha value is -2.66. The summed E-state index contributed by atoms with van der Waals surface area (Å²) in [6.45, 7) is 1.04. The number of carbonyl (C=O) groups excluding carboxylic acids is 1. The number of carbonyl (C=O) groups is 1. The van der Waals surface area contributed by atoms with E-state index < -0.39 is 5.92 Å². The van der Waals surface area contributed by atoms with Gasteiger partial charge in [-0.15, -0.1) is 0 Å². The van der Waals surface area contributed by atoms with E-state index in [0.717, 1.165) is 18.2 Å². The molecular formula is C20H17ClF2N2O. The van der Waals surface area contributed by atoms with Crippen molar-refractivity contribution in [3.8, 4) is 5.69 Å². The summed E-state index contributed by atoms with van der Waals surface area (Å²) < 4.78 is 28.4. The second kappa shape index (κ2) is 7.30. The van der Waals surface area contributed by atoms with Gasteiger partial charge in [-0.2, -0.15) is 0 Å². The lowest BCUT2D eigenvalue weighted by molar-refractivity contribution is 0.0174. The first-order chi connectivity index (χ1) is 12.4. The number of rotatable bonds is 5. The molecule has 0 saturated carbocycles. The Morgan fingerprint density at radius 3 is 2.35 bits per heavy atom. The SMILES string of the molecule is CC(F)(F)c1ccc(C(=O)NCc2c(Cl)cccc2-n2cccc2)cc1. The molecule has 0 aliphatic heterocycles. The van der Waals surface area contributed by atoms with Crippen molar-refractivity contribution in [2.24, 2.45) is 0 Å². The fourth-order valence-corrected chi connectivity index (χ4v) is 2.88. The van der Waals surface area contributed by atoms with Crippen LogP contribution < -0.4 is 5.32 Å². The third kappa shape index (κ3) is 3.94. The van der Waals surface area contributed by atoms with Crippen molar-refractivity contribution in [2.45, 2.75) is 19.4 Å². The largest absolute Gasteiger partial charge is 0.348 e. The van der Waals surface area contributed by atoms with Crippen molar-refractivity contribution in [1.82, 2.24) is 9.88 Å². The number of hydrogen-bond acceptors (Lipinski definition) is 1. The lowest BCUT2D eigenvalue weighted by Gasteiger charge is -2.14. The quantitative estimate of drug-likeness (QED) is 0.656. The third-order valence-electron chi connectivity index (χ3n) is 4.06. The molecule has 0 aliphatic rings. The highest BCUT2D eigenvalue weighted by Gasteiger charge is 2.24. The molecule has 0 bridgehead atoms. The maximum Gasteiger partial charge on any atom is 0.270 e. The van der Waals surface area contributed by atoms with Gasteiger partial charge in [-0.05, 0) is 36.4 Å². The van der Waals surface area contributed by atoms with Gasteiger partial charge in [-0.3, -0.25) is 4.79 Å². The predicted molar refractivity (Wildman–Crippen MR) is 98.0 cm³/mol. The fourth-order valence-electron chi connectivity index (χ4n) is 2.64. The number of aromatic nitrogens is 1. The standard InChI is InChI=1S/C20H17ClF2N2O/c1-20(22,23)15-9-7-14(8-10-15)19(26)24-13-16-17(21)5-4-6-18(16)25-11-2-3-12-25/h2-12H,13H2,1H3,(H,24,26). The number of nitrogens with zero attached hydrogens (tertiary/aromatic N) is 1. The van der Waals surface area contributed by atoms with Crippen LogP contribution in [-0.4, -0.2) is 10.5 Å². The van der Waals surface area contributed by atoms with E-state index in [9.17, 15) is 13.6 Å². The van der Waals surface area contributed by atoms with Gasteiger partial charge in [0.05, 0.1) is 5.69 Å². The van der Waals surface area contributed by atoms with Crippen molar-refractivity contribution < 1.29 is 13.6 Å². The molecule has 6 heteroatoms. The number of nitrogens with one attached hydrogen (secondary N) is 1. The highest BCUT2D eigenvalue weighted by atomic mass is 35.5. The van der Waals surface area contributed by atoms with E-state index in [1.807, 2.05) is 41.2 Å². The zero-order chi connectivity index (χ0) is 18.7. The molecule has 1 amide bonds. The van der Waals surface area contributed by atoms with Gasteiger partial charge in [0.25, 0.3) is 11.8 Å². The Kier molecular flexibility index (Phi) is 5.09. The molecule has 3 rings (SSSR count). The molecular weight excluding hydrogens is 358 g/mol. The summed E-state index contributed by atoms with van der Waals surface area (Å²) in [5, 5.41) is 3.33. The molecule has 26 heavy (non-hydrogen) atoms. The summed E-state index contributed by atoms with van der Waals surface area (Å²) >= 11 is 6.30. The van der Waals surface area contributed by atoms with E-state index in [1.165, 1.54) is 24.3 Å². The molecule has 1 aromatic heterocycles. The molecule has 134 valence electrons. The van der Waals surface area contributed by atoms with Crippen molar-refractivity contribution in [2.75, 3.05) is 0 Å². The Balaban J connectivity index is 1.76. The number of hydrogen-bond donors (Lipinski definition) is 1. The molecule has 0 fully saturated rings. The minimum absolute atomic E-state index is 0.130. The third-order valence-corrected chi connectivity index (χ3v) is 4.41. The average Bonchev–Trinajstić information content (AvgIpc) is 3.14. The van der Waals surface area contributed by atoms with E-state index in [4.69, 9.17) is 11.6 Å². The summed E-state index contributed by atoms with van der Waals surface area (Å²) in [6.07, 6.45) is 3.78. The second-order valence-electron chi connectivity index (χ2n) is 5.98. The molecule has 2 aromatic carbocycles. The van der Waals surface area contributed by atoms with Gasteiger partial charge in [0, 0.05) is 47.6 Å². The topological polar surface area (TPSA) is 34.0 Å². The first-order valence-corrected chi connectivity index (χ1v) is 8.41.